The monoisotopic (exact) mass is 492 g/mol. The van der Waals surface area contributed by atoms with Crippen molar-refractivity contribution in [1.82, 2.24) is 19.2 Å². The second-order valence-corrected chi connectivity index (χ2v) is 8.75. The number of para-hydroxylation sites is 1. The van der Waals surface area contributed by atoms with Gasteiger partial charge in [-0.25, -0.2) is 9.78 Å². The number of nitrogens with zero attached hydrogens (tertiary/aromatic N) is 4. The van der Waals surface area contributed by atoms with Gasteiger partial charge in [-0.05, 0) is 47.9 Å². The van der Waals surface area contributed by atoms with E-state index in [1.807, 2.05) is 91.0 Å². The average molecular weight is 493 g/mol. The summed E-state index contributed by atoms with van der Waals surface area (Å²) < 4.78 is 14.0. The first kappa shape index (κ1) is 22.8. The van der Waals surface area contributed by atoms with Crippen LogP contribution in [0.2, 0.25) is 0 Å². The van der Waals surface area contributed by atoms with E-state index in [1.165, 1.54) is 9.08 Å². The van der Waals surface area contributed by atoms with Crippen molar-refractivity contribution in [3.63, 3.8) is 0 Å². The third-order valence-electron chi connectivity index (χ3n) is 6.38. The van der Waals surface area contributed by atoms with Crippen LogP contribution < -0.4 is 15.2 Å². The number of hydrogen-bond donors (Lipinski definition) is 1. The molecule has 0 bridgehead atoms. The highest BCUT2D eigenvalue weighted by Gasteiger charge is 2.18. The van der Waals surface area contributed by atoms with Crippen LogP contribution in [0.25, 0.3) is 38.7 Å². The predicted octanol–water partition coefficient (Wildman–Crippen LogP) is 4.31. The van der Waals surface area contributed by atoms with Gasteiger partial charge in [0.05, 0.1) is 19.2 Å². The van der Waals surface area contributed by atoms with Gasteiger partial charge in [-0.1, -0.05) is 48.5 Å². The molecule has 0 spiro atoms. The third kappa shape index (κ3) is 4.17. The summed E-state index contributed by atoms with van der Waals surface area (Å²) in [6, 6.07) is 28.5. The van der Waals surface area contributed by atoms with Gasteiger partial charge in [0.15, 0.2) is 11.5 Å². The molecule has 0 fully saturated rings. The standard InChI is InChI=1S/C29H24N4O4/c1-36-22-15-13-20(14-16-22)27-30-28-24-10-4-5-11-25(24)32(29(35)33(28)31-27)17-21(34)18-37-26-12-6-8-19-7-2-3-9-23(19)26/h2-16,21,34H,17-18H2,1H3/t21-/m1/s1. The molecule has 0 saturated heterocycles. The van der Waals surface area contributed by atoms with Crippen molar-refractivity contribution in [2.24, 2.45) is 0 Å². The number of hydrogen-bond acceptors (Lipinski definition) is 6. The second kappa shape index (κ2) is 9.40. The van der Waals surface area contributed by atoms with E-state index in [0.29, 0.717) is 22.7 Å². The molecule has 184 valence electrons. The molecule has 1 N–H and O–H groups in total. The Morgan fingerprint density at radius 2 is 1.62 bits per heavy atom. The van der Waals surface area contributed by atoms with E-state index in [0.717, 1.165) is 27.5 Å². The SMILES string of the molecule is COc1ccc(-c2nc3c4ccccc4n(C[C@@H](O)COc4cccc5ccccc45)c(=O)n3n2)cc1. The van der Waals surface area contributed by atoms with E-state index in [9.17, 15) is 9.90 Å². The fourth-order valence-electron chi connectivity index (χ4n) is 4.55. The van der Waals surface area contributed by atoms with E-state index >= 15 is 0 Å². The van der Waals surface area contributed by atoms with Gasteiger partial charge in [0.1, 0.15) is 24.2 Å². The molecule has 8 heteroatoms. The number of benzene rings is 4. The number of ether oxygens (including phenoxy) is 2. The lowest BCUT2D eigenvalue weighted by atomic mass is 10.1. The van der Waals surface area contributed by atoms with Crippen molar-refractivity contribution in [3.8, 4) is 22.9 Å². The zero-order chi connectivity index (χ0) is 25.4. The van der Waals surface area contributed by atoms with Crippen LogP contribution >= 0.6 is 0 Å². The lowest BCUT2D eigenvalue weighted by Crippen LogP contribution is -2.34. The van der Waals surface area contributed by atoms with Gasteiger partial charge in [-0.2, -0.15) is 4.52 Å². The molecule has 4 aromatic carbocycles. The normalized spacial score (nSPS) is 12.3. The zero-order valence-corrected chi connectivity index (χ0v) is 20.1. The smallest absolute Gasteiger partial charge is 0.351 e. The van der Waals surface area contributed by atoms with Crippen molar-refractivity contribution in [3.05, 3.63) is 101 Å². The molecule has 6 rings (SSSR count). The number of aliphatic hydroxyl groups is 1. The number of rotatable bonds is 7. The van der Waals surface area contributed by atoms with Gasteiger partial charge < -0.3 is 14.6 Å². The quantitative estimate of drug-likeness (QED) is 0.357. The molecule has 8 nitrogen and oxygen atoms in total. The summed E-state index contributed by atoms with van der Waals surface area (Å²) in [4.78, 5) is 18.2. The van der Waals surface area contributed by atoms with Crippen molar-refractivity contribution in [2.75, 3.05) is 13.7 Å². The summed E-state index contributed by atoms with van der Waals surface area (Å²) in [5.41, 5.74) is 1.51. The zero-order valence-electron chi connectivity index (χ0n) is 20.1. The van der Waals surface area contributed by atoms with E-state index in [4.69, 9.17) is 9.47 Å². The first-order valence-corrected chi connectivity index (χ1v) is 11.9. The van der Waals surface area contributed by atoms with Crippen LogP contribution in [-0.4, -0.2) is 44.1 Å². The highest BCUT2D eigenvalue weighted by Crippen LogP contribution is 2.26. The van der Waals surface area contributed by atoms with Crippen molar-refractivity contribution in [1.29, 1.82) is 0 Å². The number of methoxy groups -OCH3 is 1. The molecule has 0 amide bonds. The minimum absolute atomic E-state index is 0.0290. The molecule has 0 aliphatic rings. The molecule has 37 heavy (non-hydrogen) atoms. The maximum absolute atomic E-state index is 13.5. The topological polar surface area (TPSA) is 90.9 Å². The molecule has 0 unspecified atom stereocenters. The van der Waals surface area contributed by atoms with Crippen molar-refractivity contribution >= 4 is 27.3 Å². The van der Waals surface area contributed by atoms with Crippen LogP contribution in [-0.2, 0) is 6.54 Å². The fraction of sp³-hybridized carbons (Fsp3) is 0.138. The van der Waals surface area contributed by atoms with Gasteiger partial charge in [0.25, 0.3) is 0 Å². The molecule has 0 radical (unpaired) electrons. The number of aromatic nitrogens is 4. The second-order valence-electron chi connectivity index (χ2n) is 8.75. The van der Waals surface area contributed by atoms with Gasteiger partial charge in [-0.15, -0.1) is 5.10 Å². The number of aliphatic hydroxyl groups excluding tert-OH is 1. The summed E-state index contributed by atoms with van der Waals surface area (Å²) >= 11 is 0. The predicted molar refractivity (Wildman–Crippen MR) is 142 cm³/mol. The van der Waals surface area contributed by atoms with Gasteiger partial charge in [0.2, 0.25) is 0 Å². The average Bonchev–Trinajstić information content (AvgIpc) is 3.40. The van der Waals surface area contributed by atoms with Crippen molar-refractivity contribution < 1.29 is 14.6 Å². The lowest BCUT2D eigenvalue weighted by Gasteiger charge is -2.17. The minimum Gasteiger partial charge on any atom is -0.497 e. The maximum Gasteiger partial charge on any atom is 0.351 e. The maximum atomic E-state index is 13.5. The van der Waals surface area contributed by atoms with E-state index in [-0.39, 0.29) is 18.8 Å². The Balaban J connectivity index is 1.34. The molecule has 2 aromatic heterocycles. The Labute approximate surface area is 212 Å². The molecule has 0 aliphatic carbocycles. The molecule has 0 aliphatic heterocycles. The molecular weight excluding hydrogens is 468 g/mol. The van der Waals surface area contributed by atoms with Gasteiger partial charge in [-0.3, -0.25) is 4.57 Å². The van der Waals surface area contributed by atoms with Crippen LogP contribution in [0.1, 0.15) is 0 Å². The minimum atomic E-state index is -0.929. The summed E-state index contributed by atoms with van der Waals surface area (Å²) in [6.07, 6.45) is -0.929. The van der Waals surface area contributed by atoms with E-state index in [2.05, 4.69) is 10.1 Å². The van der Waals surface area contributed by atoms with E-state index < -0.39 is 6.10 Å². The molecule has 2 heterocycles. The van der Waals surface area contributed by atoms with Gasteiger partial charge >= 0.3 is 5.69 Å². The fourth-order valence-corrected chi connectivity index (χ4v) is 4.55. The Morgan fingerprint density at radius 3 is 2.43 bits per heavy atom. The molecule has 0 saturated carbocycles. The number of fused-ring (bicyclic) bond motifs is 4. The molecular formula is C29H24N4O4. The lowest BCUT2D eigenvalue weighted by molar-refractivity contribution is 0.0930. The Hall–Kier alpha value is -4.69. The van der Waals surface area contributed by atoms with Gasteiger partial charge in [0, 0.05) is 16.3 Å². The summed E-state index contributed by atoms with van der Waals surface area (Å²) in [7, 11) is 1.61. The Morgan fingerprint density at radius 1 is 0.892 bits per heavy atom. The Kier molecular flexibility index (Phi) is 5.78. The van der Waals surface area contributed by atoms with Crippen LogP contribution in [0.4, 0.5) is 0 Å². The summed E-state index contributed by atoms with van der Waals surface area (Å²) in [5, 5.41) is 18.2. The molecule has 6 aromatic rings. The largest absolute Gasteiger partial charge is 0.497 e. The first-order chi connectivity index (χ1) is 18.1. The summed E-state index contributed by atoms with van der Waals surface area (Å²) in [6.45, 7) is 0.0685. The first-order valence-electron chi connectivity index (χ1n) is 11.9. The van der Waals surface area contributed by atoms with E-state index in [1.54, 1.807) is 7.11 Å². The molecule has 1 atom stereocenters. The van der Waals surface area contributed by atoms with Crippen LogP contribution in [0.5, 0.6) is 11.5 Å². The van der Waals surface area contributed by atoms with Crippen molar-refractivity contribution in [2.45, 2.75) is 12.6 Å². The highest BCUT2D eigenvalue weighted by molar-refractivity contribution is 5.92. The van der Waals surface area contributed by atoms with Crippen LogP contribution in [0, 0.1) is 0 Å². The summed E-state index contributed by atoms with van der Waals surface area (Å²) in [5.74, 6) is 1.84. The highest BCUT2D eigenvalue weighted by atomic mass is 16.5. The van der Waals surface area contributed by atoms with Crippen LogP contribution in [0.3, 0.4) is 0 Å². The third-order valence-corrected chi connectivity index (χ3v) is 6.38. The van der Waals surface area contributed by atoms with Crippen LogP contribution in [0.15, 0.2) is 95.8 Å². The Bertz CT molecular complexity index is 1790.